The third-order valence-corrected chi connectivity index (χ3v) is 5.08. The van der Waals surface area contributed by atoms with Gasteiger partial charge in [0.2, 0.25) is 11.8 Å². The second kappa shape index (κ2) is 8.83. The molecule has 0 aliphatic heterocycles. The second-order valence-electron chi connectivity index (χ2n) is 7.30. The molecule has 0 spiro atoms. The Kier molecular flexibility index (Phi) is 5.79. The Bertz CT molecular complexity index is 1310. The molecule has 0 amide bonds. The summed E-state index contributed by atoms with van der Waals surface area (Å²) in [7, 11) is 1.50. The highest BCUT2D eigenvalue weighted by molar-refractivity contribution is 5.85. The van der Waals surface area contributed by atoms with Crippen molar-refractivity contribution in [1.29, 1.82) is 0 Å². The molecule has 0 unspecified atom stereocenters. The summed E-state index contributed by atoms with van der Waals surface area (Å²) in [5.74, 6) is 0.922. The van der Waals surface area contributed by atoms with Crippen molar-refractivity contribution >= 4 is 16.7 Å². The van der Waals surface area contributed by atoms with Crippen LogP contribution in [0.25, 0.3) is 10.8 Å². The van der Waals surface area contributed by atoms with E-state index < -0.39 is 0 Å². The highest BCUT2D eigenvalue weighted by Gasteiger charge is 2.12. The Morgan fingerprint density at radius 1 is 1.06 bits per heavy atom. The van der Waals surface area contributed by atoms with E-state index in [9.17, 15) is 9.59 Å². The summed E-state index contributed by atoms with van der Waals surface area (Å²) in [5, 5.41) is 8.61. The standard InChI is InChI=1S/C23H23N5O3/c1-15(16-8-4-3-5-9-16)13-24-23-25-17(12-20(29)26-23)14-28-22(30)19-11-7-6-10-18(19)21(27-28)31-2/h3-12,15H,13-14H2,1-2H3,(H2,24,25,26,29)/t15-/m0/s1. The normalized spacial score (nSPS) is 11.9. The molecule has 2 heterocycles. The van der Waals surface area contributed by atoms with Crippen molar-refractivity contribution in [3.63, 3.8) is 0 Å². The molecule has 0 aliphatic carbocycles. The summed E-state index contributed by atoms with van der Waals surface area (Å²) in [6, 6.07) is 18.6. The quantitative estimate of drug-likeness (QED) is 0.479. The van der Waals surface area contributed by atoms with Gasteiger partial charge in [-0.2, -0.15) is 0 Å². The predicted molar refractivity (Wildman–Crippen MR) is 120 cm³/mol. The van der Waals surface area contributed by atoms with E-state index >= 15 is 0 Å². The summed E-state index contributed by atoms with van der Waals surface area (Å²) in [6.45, 7) is 2.74. The number of aromatic amines is 1. The minimum absolute atomic E-state index is 0.0485. The van der Waals surface area contributed by atoms with Crippen LogP contribution in [0.5, 0.6) is 5.88 Å². The second-order valence-corrected chi connectivity index (χ2v) is 7.30. The van der Waals surface area contributed by atoms with Gasteiger partial charge in [0, 0.05) is 12.6 Å². The van der Waals surface area contributed by atoms with Crippen LogP contribution in [0.4, 0.5) is 5.95 Å². The van der Waals surface area contributed by atoms with E-state index in [1.54, 1.807) is 18.2 Å². The molecule has 2 aromatic heterocycles. The number of anilines is 1. The maximum Gasteiger partial charge on any atom is 0.275 e. The third-order valence-electron chi connectivity index (χ3n) is 5.08. The van der Waals surface area contributed by atoms with Crippen LogP contribution in [0, 0.1) is 0 Å². The fraction of sp³-hybridized carbons (Fsp3) is 0.217. The van der Waals surface area contributed by atoms with Gasteiger partial charge in [-0.1, -0.05) is 49.4 Å². The summed E-state index contributed by atoms with van der Waals surface area (Å²) in [6.07, 6.45) is 0. The molecule has 2 aromatic carbocycles. The van der Waals surface area contributed by atoms with Crippen LogP contribution in [-0.2, 0) is 6.54 Å². The SMILES string of the molecule is COc1nn(Cc2cc(=O)[nH]c(NC[C@H](C)c3ccccc3)n2)c(=O)c2ccccc12. The number of hydrogen-bond donors (Lipinski definition) is 2. The number of fused-ring (bicyclic) bond motifs is 1. The summed E-state index contributed by atoms with van der Waals surface area (Å²) in [5.41, 5.74) is 1.03. The van der Waals surface area contributed by atoms with Crippen LogP contribution in [0.1, 0.15) is 24.1 Å². The lowest BCUT2D eigenvalue weighted by Gasteiger charge is -2.14. The molecular formula is C23H23N5O3. The molecule has 2 N–H and O–H groups in total. The fourth-order valence-corrected chi connectivity index (χ4v) is 3.44. The van der Waals surface area contributed by atoms with Gasteiger partial charge in [-0.25, -0.2) is 9.67 Å². The van der Waals surface area contributed by atoms with Gasteiger partial charge in [-0.05, 0) is 23.6 Å². The number of benzene rings is 2. The lowest BCUT2D eigenvalue weighted by Crippen LogP contribution is -2.26. The maximum absolute atomic E-state index is 12.9. The molecule has 8 heteroatoms. The van der Waals surface area contributed by atoms with Crippen molar-refractivity contribution in [1.82, 2.24) is 19.7 Å². The van der Waals surface area contributed by atoms with Crippen LogP contribution < -0.4 is 21.2 Å². The van der Waals surface area contributed by atoms with E-state index in [2.05, 4.69) is 39.4 Å². The number of ether oxygens (including phenoxy) is 1. The topological polar surface area (TPSA) is 102 Å². The van der Waals surface area contributed by atoms with E-state index in [1.165, 1.54) is 23.4 Å². The van der Waals surface area contributed by atoms with Gasteiger partial charge in [0.1, 0.15) is 0 Å². The van der Waals surface area contributed by atoms with Gasteiger partial charge < -0.3 is 10.1 Å². The Morgan fingerprint density at radius 3 is 2.52 bits per heavy atom. The van der Waals surface area contributed by atoms with E-state index in [4.69, 9.17) is 4.74 Å². The van der Waals surface area contributed by atoms with Crippen LogP contribution >= 0.6 is 0 Å². The molecule has 0 saturated heterocycles. The van der Waals surface area contributed by atoms with E-state index in [0.717, 1.165) is 0 Å². The first kappa shape index (κ1) is 20.3. The molecule has 0 saturated carbocycles. The van der Waals surface area contributed by atoms with Crippen molar-refractivity contribution in [2.75, 3.05) is 19.0 Å². The molecule has 8 nitrogen and oxygen atoms in total. The van der Waals surface area contributed by atoms with Crippen molar-refractivity contribution in [3.05, 3.63) is 92.6 Å². The van der Waals surface area contributed by atoms with E-state index in [1.807, 2.05) is 24.3 Å². The fourth-order valence-electron chi connectivity index (χ4n) is 3.44. The predicted octanol–water partition coefficient (Wildman–Crippen LogP) is 2.75. The number of nitrogens with one attached hydrogen (secondary N) is 2. The highest BCUT2D eigenvalue weighted by Crippen LogP contribution is 2.19. The lowest BCUT2D eigenvalue weighted by atomic mass is 10.0. The molecule has 4 rings (SSSR count). The monoisotopic (exact) mass is 417 g/mol. The van der Waals surface area contributed by atoms with Crippen LogP contribution in [0.15, 0.2) is 70.3 Å². The van der Waals surface area contributed by atoms with Gasteiger partial charge >= 0.3 is 0 Å². The molecule has 158 valence electrons. The first-order valence-corrected chi connectivity index (χ1v) is 9.98. The van der Waals surface area contributed by atoms with Crippen molar-refractivity contribution < 1.29 is 4.74 Å². The van der Waals surface area contributed by atoms with Crippen LogP contribution in [0.2, 0.25) is 0 Å². The van der Waals surface area contributed by atoms with Gasteiger partial charge in [-0.15, -0.1) is 5.10 Å². The Morgan fingerprint density at radius 2 is 1.77 bits per heavy atom. The van der Waals surface area contributed by atoms with Gasteiger partial charge in [0.05, 0.1) is 30.1 Å². The minimum atomic E-state index is -0.305. The Labute approximate surface area is 178 Å². The maximum atomic E-state index is 12.9. The van der Waals surface area contributed by atoms with Gasteiger partial charge in [0.25, 0.3) is 11.1 Å². The first-order valence-electron chi connectivity index (χ1n) is 9.98. The Hall–Kier alpha value is -3.94. The van der Waals surface area contributed by atoms with Gasteiger partial charge in [-0.3, -0.25) is 14.6 Å². The zero-order chi connectivity index (χ0) is 21.8. The van der Waals surface area contributed by atoms with Crippen LogP contribution in [0.3, 0.4) is 0 Å². The lowest BCUT2D eigenvalue weighted by molar-refractivity contribution is 0.385. The van der Waals surface area contributed by atoms with E-state index in [0.29, 0.717) is 34.8 Å². The van der Waals surface area contributed by atoms with E-state index in [-0.39, 0.29) is 23.6 Å². The molecule has 0 bridgehead atoms. The number of aromatic nitrogens is 4. The first-order chi connectivity index (χ1) is 15.0. The number of nitrogens with zero attached hydrogens (tertiary/aromatic N) is 3. The largest absolute Gasteiger partial charge is 0.480 e. The molecule has 0 fully saturated rings. The Balaban J connectivity index is 1.59. The average Bonchev–Trinajstić information content (AvgIpc) is 2.79. The van der Waals surface area contributed by atoms with Gasteiger partial charge in [0.15, 0.2) is 0 Å². The molecular weight excluding hydrogens is 394 g/mol. The highest BCUT2D eigenvalue weighted by atomic mass is 16.5. The smallest absolute Gasteiger partial charge is 0.275 e. The van der Waals surface area contributed by atoms with Crippen molar-refractivity contribution in [2.24, 2.45) is 0 Å². The number of H-pyrrole nitrogens is 1. The number of hydrogen-bond acceptors (Lipinski definition) is 6. The number of methoxy groups -OCH3 is 1. The number of rotatable bonds is 7. The molecule has 1 atom stereocenters. The third kappa shape index (κ3) is 4.48. The molecule has 4 aromatic rings. The van der Waals surface area contributed by atoms with Crippen molar-refractivity contribution in [2.45, 2.75) is 19.4 Å². The summed E-state index contributed by atoms with van der Waals surface area (Å²) in [4.78, 5) is 32.2. The van der Waals surface area contributed by atoms with Crippen molar-refractivity contribution in [3.8, 4) is 5.88 Å². The average molecular weight is 417 g/mol. The van der Waals surface area contributed by atoms with Crippen LogP contribution in [-0.4, -0.2) is 33.4 Å². The minimum Gasteiger partial charge on any atom is -0.480 e. The molecule has 0 radical (unpaired) electrons. The zero-order valence-corrected chi connectivity index (χ0v) is 17.3. The summed E-state index contributed by atoms with van der Waals surface area (Å²) < 4.78 is 6.61. The summed E-state index contributed by atoms with van der Waals surface area (Å²) >= 11 is 0. The zero-order valence-electron chi connectivity index (χ0n) is 17.3. The molecule has 0 aliphatic rings. The molecule has 31 heavy (non-hydrogen) atoms.